The standard InChI is InChI=1S/C14H15N3O2/c1-9-4-3-5-11(6-9)8-15-14-16-10(2)7-12(17-14)13(18)19/h3-7H,8H2,1-2H3,(H,18,19)(H,15,16,17). The van der Waals surface area contributed by atoms with Crippen molar-refractivity contribution in [2.24, 2.45) is 0 Å². The molecule has 2 rings (SSSR count). The van der Waals surface area contributed by atoms with Crippen LogP contribution in [0.4, 0.5) is 5.95 Å². The number of hydrogen-bond donors (Lipinski definition) is 2. The molecule has 0 saturated carbocycles. The fourth-order valence-corrected chi connectivity index (χ4v) is 1.76. The second-order valence-electron chi connectivity index (χ2n) is 4.37. The van der Waals surface area contributed by atoms with Gasteiger partial charge in [0.1, 0.15) is 0 Å². The van der Waals surface area contributed by atoms with Crippen LogP contribution in [0.3, 0.4) is 0 Å². The van der Waals surface area contributed by atoms with Gasteiger partial charge in [-0.2, -0.15) is 0 Å². The van der Waals surface area contributed by atoms with Gasteiger partial charge < -0.3 is 10.4 Å². The fraction of sp³-hybridized carbons (Fsp3) is 0.214. The summed E-state index contributed by atoms with van der Waals surface area (Å²) in [5, 5.41) is 12.0. The number of carboxylic acids is 1. The summed E-state index contributed by atoms with van der Waals surface area (Å²) in [6.45, 7) is 4.32. The Hall–Kier alpha value is -2.43. The lowest BCUT2D eigenvalue weighted by Crippen LogP contribution is -2.09. The van der Waals surface area contributed by atoms with Gasteiger partial charge in [-0.25, -0.2) is 14.8 Å². The molecule has 98 valence electrons. The topological polar surface area (TPSA) is 75.1 Å². The van der Waals surface area contributed by atoms with Crippen molar-refractivity contribution >= 4 is 11.9 Å². The summed E-state index contributed by atoms with van der Waals surface area (Å²) in [5.74, 6) is -0.719. The van der Waals surface area contributed by atoms with Crippen LogP contribution >= 0.6 is 0 Å². The summed E-state index contributed by atoms with van der Waals surface area (Å²) in [7, 11) is 0. The van der Waals surface area contributed by atoms with Crippen LogP contribution in [0.15, 0.2) is 30.3 Å². The summed E-state index contributed by atoms with van der Waals surface area (Å²) in [5.41, 5.74) is 2.90. The normalized spacial score (nSPS) is 10.2. The van der Waals surface area contributed by atoms with Gasteiger partial charge in [-0.1, -0.05) is 29.8 Å². The Morgan fingerprint density at radius 1 is 1.26 bits per heavy atom. The molecule has 0 aliphatic carbocycles. The maximum atomic E-state index is 10.9. The van der Waals surface area contributed by atoms with Crippen LogP contribution in [-0.4, -0.2) is 21.0 Å². The number of anilines is 1. The molecule has 0 unspecified atom stereocenters. The Labute approximate surface area is 111 Å². The van der Waals surface area contributed by atoms with Crippen LogP contribution in [0.25, 0.3) is 0 Å². The second-order valence-corrected chi connectivity index (χ2v) is 4.37. The van der Waals surface area contributed by atoms with Crippen LogP contribution in [0, 0.1) is 13.8 Å². The van der Waals surface area contributed by atoms with Crippen LogP contribution < -0.4 is 5.32 Å². The van der Waals surface area contributed by atoms with Gasteiger partial charge in [0, 0.05) is 12.2 Å². The number of nitrogens with one attached hydrogen (secondary N) is 1. The van der Waals surface area contributed by atoms with Crippen LogP contribution in [0.2, 0.25) is 0 Å². The molecule has 19 heavy (non-hydrogen) atoms. The maximum absolute atomic E-state index is 10.9. The van der Waals surface area contributed by atoms with E-state index in [1.807, 2.05) is 25.1 Å². The smallest absolute Gasteiger partial charge is 0.354 e. The molecule has 0 atom stereocenters. The SMILES string of the molecule is Cc1cccc(CNc2nc(C)cc(C(=O)O)n2)c1. The van der Waals surface area contributed by atoms with E-state index in [0.29, 0.717) is 18.2 Å². The number of carboxylic acid groups (broad SMARTS) is 1. The highest BCUT2D eigenvalue weighted by atomic mass is 16.4. The Bertz CT molecular complexity index is 611. The maximum Gasteiger partial charge on any atom is 0.354 e. The van der Waals surface area contributed by atoms with Crippen molar-refractivity contribution in [3.63, 3.8) is 0 Å². The molecule has 0 radical (unpaired) electrons. The zero-order valence-electron chi connectivity index (χ0n) is 10.8. The Balaban J connectivity index is 2.13. The lowest BCUT2D eigenvalue weighted by atomic mass is 10.1. The number of carbonyl (C=O) groups is 1. The monoisotopic (exact) mass is 257 g/mol. The lowest BCUT2D eigenvalue weighted by Gasteiger charge is -2.07. The first-order chi connectivity index (χ1) is 9.04. The third-order valence-corrected chi connectivity index (χ3v) is 2.61. The molecule has 0 aliphatic rings. The Kier molecular flexibility index (Phi) is 3.75. The van der Waals surface area contributed by atoms with E-state index in [-0.39, 0.29) is 5.69 Å². The molecule has 5 heteroatoms. The number of aryl methyl sites for hydroxylation is 2. The van der Waals surface area contributed by atoms with E-state index in [1.54, 1.807) is 6.92 Å². The van der Waals surface area contributed by atoms with Crippen molar-refractivity contribution in [3.05, 3.63) is 52.8 Å². The average Bonchev–Trinajstić information content (AvgIpc) is 2.36. The van der Waals surface area contributed by atoms with Gasteiger partial charge in [0.15, 0.2) is 5.69 Å². The second kappa shape index (κ2) is 5.48. The molecule has 2 N–H and O–H groups in total. The minimum Gasteiger partial charge on any atom is -0.477 e. The first-order valence-electron chi connectivity index (χ1n) is 5.93. The van der Waals surface area contributed by atoms with Gasteiger partial charge in [-0.05, 0) is 25.5 Å². The summed E-state index contributed by atoms with van der Waals surface area (Å²) >= 11 is 0. The molecule has 1 aromatic heterocycles. The molecule has 0 saturated heterocycles. The van der Waals surface area contributed by atoms with E-state index in [1.165, 1.54) is 11.6 Å². The minimum absolute atomic E-state index is 0.000702. The Morgan fingerprint density at radius 3 is 2.74 bits per heavy atom. The van der Waals surface area contributed by atoms with Gasteiger partial charge >= 0.3 is 5.97 Å². The van der Waals surface area contributed by atoms with Gasteiger partial charge in [-0.3, -0.25) is 0 Å². The van der Waals surface area contributed by atoms with Crippen molar-refractivity contribution in [2.45, 2.75) is 20.4 Å². The number of aromatic nitrogens is 2. The lowest BCUT2D eigenvalue weighted by molar-refractivity contribution is 0.0690. The van der Waals surface area contributed by atoms with Crippen LogP contribution in [-0.2, 0) is 6.54 Å². The molecule has 0 amide bonds. The zero-order valence-corrected chi connectivity index (χ0v) is 10.8. The van der Waals surface area contributed by atoms with Gasteiger partial charge in [0.05, 0.1) is 0 Å². The number of benzene rings is 1. The highest BCUT2D eigenvalue weighted by Gasteiger charge is 2.08. The number of nitrogens with zero attached hydrogens (tertiary/aromatic N) is 2. The van der Waals surface area contributed by atoms with E-state index in [4.69, 9.17) is 5.11 Å². The molecule has 1 aromatic carbocycles. The Morgan fingerprint density at radius 2 is 2.05 bits per heavy atom. The van der Waals surface area contributed by atoms with Crippen molar-refractivity contribution in [1.82, 2.24) is 9.97 Å². The van der Waals surface area contributed by atoms with Crippen LogP contribution in [0.1, 0.15) is 27.3 Å². The summed E-state index contributed by atoms with van der Waals surface area (Å²) in [4.78, 5) is 19.0. The fourth-order valence-electron chi connectivity index (χ4n) is 1.76. The van der Waals surface area contributed by atoms with Crippen molar-refractivity contribution in [2.75, 3.05) is 5.32 Å². The largest absolute Gasteiger partial charge is 0.477 e. The van der Waals surface area contributed by atoms with Gasteiger partial charge in [0.2, 0.25) is 5.95 Å². The predicted molar refractivity (Wildman–Crippen MR) is 72.2 cm³/mol. The van der Waals surface area contributed by atoms with E-state index >= 15 is 0 Å². The molecule has 0 bridgehead atoms. The molecule has 2 aromatic rings. The molecular formula is C14H15N3O2. The first-order valence-corrected chi connectivity index (χ1v) is 5.93. The first kappa shape index (κ1) is 13.0. The van der Waals surface area contributed by atoms with E-state index in [0.717, 1.165) is 5.56 Å². The summed E-state index contributed by atoms with van der Waals surface area (Å²) in [6.07, 6.45) is 0. The van der Waals surface area contributed by atoms with Crippen molar-refractivity contribution in [1.29, 1.82) is 0 Å². The molecule has 0 fully saturated rings. The average molecular weight is 257 g/mol. The van der Waals surface area contributed by atoms with Gasteiger partial charge in [-0.15, -0.1) is 0 Å². The van der Waals surface area contributed by atoms with Crippen molar-refractivity contribution < 1.29 is 9.90 Å². The van der Waals surface area contributed by atoms with E-state index in [9.17, 15) is 4.79 Å². The van der Waals surface area contributed by atoms with Crippen molar-refractivity contribution in [3.8, 4) is 0 Å². The quantitative estimate of drug-likeness (QED) is 0.879. The van der Waals surface area contributed by atoms with Gasteiger partial charge in [0.25, 0.3) is 0 Å². The molecule has 0 aliphatic heterocycles. The van der Waals surface area contributed by atoms with E-state index in [2.05, 4.69) is 21.4 Å². The molecule has 5 nitrogen and oxygen atoms in total. The third-order valence-electron chi connectivity index (χ3n) is 2.61. The molecule has 0 spiro atoms. The number of aromatic carboxylic acids is 1. The highest BCUT2D eigenvalue weighted by molar-refractivity contribution is 5.85. The highest BCUT2D eigenvalue weighted by Crippen LogP contribution is 2.08. The zero-order chi connectivity index (χ0) is 13.8. The third kappa shape index (κ3) is 3.51. The van der Waals surface area contributed by atoms with Crippen LogP contribution in [0.5, 0.6) is 0 Å². The molecular weight excluding hydrogens is 242 g/mol. The summed E-state index contributed by atoms with van der Waals surface area (Å²) in [6, 6.07) is 9.50. The van der Waals surface area contributed by atoms with E-state index < -0.39 is 5.97 Å². The minimum atomic E-state index is -1.05. The number of rotatable bonds is 4. The molecule has 1 heterocycles. The number of hydrogen-bond acceptors (Lipinski definition) is 4. The predicted octanol–water partition coefficient (Wildman–Crippen LogP) is 2.40. The summed E-state index contributed by atoms with van der Waals surface area (Å²) < 4.78 is 0.